The van der Waals surface area contributed by atoms with Gasteiger partial charge in [0.2, 0.25) is 0 Å². The van der Waals surface area contributed by atoms with Crippen molar-refractivity contribution in [2.24, 2.45) is 0 Å². The predicted molar refractivity (Wildman–Crippen MR) is 94.5 cm³/mol. The van der Waals surface area contributed by atoms with Crippen LogP contribution in [0.2, 0.25) is 0 Å². The molecule has 0 amide bonds. The summed E-state index contributed by atoms with van der Waals surface area (Å²) in [6.07, 6.45) is 3.84. The second-order valence-corrected chi connectivity index (χ2v) is 6.86. The zero-order valence-electron chi connectivity index (χ0n) is 14.6. The van der Waals surface area contributed by atoms with Crippen LogP contribution in [0.15, 0.2) is 30.5 Å². The van der Waals surface area contributed by atoms with E-state index < -0.39 is 5.97 Å². The third-order valence-corrected chi connectivity index (χ3v) is 4.97. The highest BCUT2D eigenvalue weighted by Gasteiger charge is 2.25. The number of fused-ring (bicyclic) bond motifs is 1. The van der Waals surface area contributed by atoms with E-state index in [1.54, 1.807) is 10.9 Å². The van der Waals surface area contributed by atoms with E-state index in [0.717, 1.165) is 49.7 Å². The maximum Gasteiger partial charge on any atom is 0.325 e. The number of rotatable bonds is 5. The molecule has 0 bridgehead atoms. The molecule has 0 aliphatic carbocycles. The number of hydrogen-bond acceptors (Lipinski definition) is 5. The number of ether oxygens (including phenoxy) is 2. The number of carboxylic acid groups (broad SMARTS) is 1. The first-order chi connectivity index (χ1) is 12.7. The Hall–Kier alpha value is -2.54. The van der Waals surface area contributed by atoms with Crippen LogP contribution in [0.3, 0.4) is 0 Å². The van der Waals surface area contributed by atoms with Crippen LogP contribution >= 0.6 is 0 Å². The molecule has 4 rings (SSSR count). The number of piperidine rings is 1. The van der Waals surface area contributed by atoms with Gasteiger partial charge in [-0.1, -0.05) is 6.07 Å². The summed E-state index contributed by atoms with van der Waals surface area (Å²) < 4.78 is 12.9. The van der Waals surface area contributed by atoms with Gasteiger partial charge in [0.15, 0.2) is 11.5 Å². The van der Waals surface area contributed by atoms with Crippen molar-refractivity contribution in [3.8, 4) is 11.5 Å². The molecule has 138 valence electrons. The lowest BCUT2D eigenvalue weighted by atomic mass is 9.94. The third kappa shape index (κ3) is 3.67. The van der Waals surface area contributed by atoms with Crippen molar-refractivity contribution in [3.05, 3.63) is 41.7 Å². The molecule has 1 atom stereocenters. The van der Waals surface area contributed by atoms with Gasteiger partial charge in [0.1, 0.15) is 19.8 Å². The van der Waals surface area contributed by atoms with Crippen LogP contribution in [-0.2, 0) is 17.9 Å². The average molecular weight is 357 g/mol. The van der Waals surface area contributed by atoms with Gasteiger partial charge in [-0.3, -0.25) is 14.4 Å². The molecule has 1 fully saturated rings. The fraction of sp³-hybridized carbons (Fsp3) is 0.474. The Morgan fingerprint density at radius 1 is 1.23 bits per heavy atom. The molecule has 1 saturated heterocycles. The molecule has 0 saturated carbocycles. The molecule has 1 unspecified atom stereocenters. The van der Waals surface area contributed by atoms with Crippen LogP contribution in [0.5, 0.6) is 11.5 Å². The van der Waals surface area contributed by atoms with Gasteiger partial charge in [0, 0.05) is 30.9 Å². The SMILES string of the molecule is O=C(O)Cn1nccc1C1CCCN(Cc2ccc3c(c2)OCCO3)C1. The van der Waals surface area contributed by atoms with Gasteiger partial charge in [-0.15, -0.1) is 0 Å². The average Bonchev–Trinajstić information content (AvgIpc) is 3.09. The summed E-state index contributed by atoms with van der Waals surface area (Å²) in [6.45, 7) is 3.90. The van der Waals surface area contributed by atoms with E-state index in [4.69, 9.17) is 14.6 Å². The minimum atomic E-state index is -0.862. The van der Waals surface area contributed by atoms with E-state index in [2.05, 4.69) is 22.1 Å². The van der Waals surface area contributed by atoms with Gasteiger partial charge in [0.25, 0.3) is 0 Å². The Balaban J connectivity index is 1.44. The van der Waals surface area contributed by atoms with Gasteiger partial charge in [-0.2, -0.15) is 5.10 Å². The van der Waals surface area contributed by atoms with Crippen molar-refractivity contribution < 1.29 is 19.4 Å². The van der Waals surface area contributed by atoms with Crippen LogP contribution in [-0.4, -0.2) is 52.1 Å². The largest absolute Gasteiger partial charge is 0.486 e. The maximum atomic E-state index is 11.0. The molecule has 7 heteroatoms. The predicted octanol–water partition coefficient (Wildman–Crippen LogP) is 2.12. The summed E-state index contributed by atoms with van der Waals surface area (Å²) in [7, 11) is 0. The number of nitrogens with zero attached hydrogens (tertiary/aromatic N) is 3. The molecular weight excluding hydrogens is 334 g/mol. The third-order valence-electron chi connectivity index (χ3n) is 4.97. The molecule has 2 aliphatic rings. The highest BCUT2D eigenvalue weighted by molar-refractivity contribution is 5.66. The topological polar surface area (TPSA) is 76.8 Å². The normalized spacial score (nSPS) is 20.1. The number of benzene rings is 1. The van der Waals surface area contributed by atoms with Crippen LogP contribution in [0.1, 0.15) is 30.0 Å². The highest BCUT2D eigenvalue weighted by atomic mass is 16.6. The first-order valence-corrected chi connectivity index (χ1v) is 9.03. The number of carboxylic acids is 1. The monoisotopic (exact) mass is 357 g/mol. The van der Waals surface area contributed by atoms with E-state index in [1.165, 1.54) is 5.56 Å². The van der Waals surface area contributed by atoms with E-state index in [-0.39, 0.29) is 6.54 Å². The fourth-order valence-corrected chi connectivity index (χ4v) is 3.83. The Morgan fingerprint density at radius 2 is 2.08 bits per heavy atom. The molecule has 1 N–H and O–H groups in total. The fourth-order valence-electron chi connectivity index (χ4n) is 3.83. The summed E-state index contributed by atoms with van der Waals surface area (Å²) in [6, 6.07) is 8.08. The second-order valence-electron chi connectivity index (χ2n) is 6.86. The summed E-state index contributed by atoms with van der Waals surface area (Å²) >= 11 is 0. The van der Waals surface area contributed by atoms with Crippen molar-refractivity contribution in [3.63, 3.8) is 0 Å². The smallest absolute Gasteiger partial charge is 0.325 e. The number of likely N-dealkylation sites (tertiary alicyclic amines) is 1. The van der Waals surface area contributed by atoms with Gasteiger partial charge in [-0.05, 0) is 43.1 Å². The lowest BCUT2D eigenvalue weighted by Crippen LogP contribution is -2.35. The zero-order valence-corrected chi connectivity index (χ0v) is 14.6. The van der Waals surface area contributed by atoms with Crippen molar-refractivity contribution in [2.45, 2.75) is 31.8 Å². The molecule has 1 aromatic carbocycles. The number of hydrogen-bond donors (Lipinski definition) is 1. The minimum absolute atomic E-state index is 0.0823. The second kappa shape index (κ2) is 7.37. The summed E-state index contributed by atoms with van der Waals surface area (Å²) in [4.78, 5) is 13.4. The molecule has 2 aromatic rings. The summed E-state index contributed by atoms with van der Waals surface area (Å²) in [5.41, 5.74) is 2.22. The molecule has 2 aliphatic heterocycles. The van der Waals surface area contributed by atoms with Crippen molar-refractivity contribution in [1.29, 1.82) is 0 Å². The van der Waals surface area contributed by atoms with Crippen LogP contribution < -0.4 is 9.47 Å². The minimum Gasteiger partial charge on any atom is -0.486 e. The van der Waals surface area contributed by atoms with Crippen LogP contribution in [0, 0.1) is 0 Å². The van der Waals surface area contributed by atoms with E-state index in [1.807, 2.05) is 12.1 Å². The molecule has 26 heavy (non-hydrogen) atoms. The molecule has 0 radical (unpaired) electrons. The van der Waals surface area contributed by atoms with Crippen molar-refractivity contribution in [2.75, 3.05) is 26.3 Å². The molecule has 0 spiro atoms. The zero-order chi connectivity index (χ0) is 17.9. The van der Waals surface area contributed by atoms with Gasteiger partial charge >= 0.3 is 5.97 Å². The van der Waals surface area contributed by atoms with Crippen LogP contribution in [0.25, 0.3) is 0 Å². The number of carbonyl (C=O) groups is 1. The number of aliphatic carboxylic acids is 1. The van der Waals surface area contributed by atoms with Gasteiger partial charge < -0.3 is 14.6 Å². The first-order valence-electron chi connectivity index (χ1n) is 9.03. The molecular formula is C19H23N3O4. The van der Waals surface area contributed by atoms with Gasteiger partial charge in [0.05, 0.1) is 0 Å². The summed E-state index contributed by atoms with van der Waals surface area (Å²) in [5.74, 6) is 1.08. The molecule has 3 heterocycles. The number of aromatic nitrogens is 2. The Kier molecular flexibility index (Phi) is 4.79. The molecule has 1 aromatic heterocycles. The first kappa shape index (κ1) is 16.9. The molecule has 7 nitrogen and oxygen atoms in total. The van der Waals surface area contributed by atoms with Crippen molar-refractivity contribution >= 4 is 5.97 Å². The van der Waals surface area contributed by atoms with E-state index in [9.17, 15) is 4.79 Å². The van der Waals surface area contributed by atoms with E-state index in [0.29, 0.717) is 19.1 Å². The Labute approximate surface area is 152 Å². The van der Waals surface area contributed by atoms with Crippen LogP contribution in [0.4, 0.5) is 0 Å². The Bertz CT molecular complexity index is 789. The standard InChI is InChI=1S/C19H23N3O4/c23-19(24)13-22-16(5-6-20-22)15-2-1-7-21(12-15)11-14-3-4-17-18(10-14)26-9-8-25-17/h3-6,10,15H,1-2,7-9,11-13H2,(H,23,24). The van der Waals surface area contributed by atoms with Crippen molar-refractivity contribution in [1.82, 2.24) is 14.7 Å². The quantitative estimate of drug-likeness (QED) is 0.883. The maximum absolute atomic E-state index is 11.0. The summed E-state index contributed by atoms with van der Waals surface area (Å²) in [5, 5.41) is 13.2. The van der Waals surface area contributed by atoms with E-state index >= 15 is 0 Å². The Morgan fingerprint density at radius 3 is 2.92 bits per heavy atom. The lowest BCUT2D eigenvalue weighted by Gasteiger charge is -2.33. The lowest BCUT2D eigenvalue weighted by molar-refractivity contribution is -0.137. The van der Waals surface area contributed by atoms with Gasteiger partial charge in [-0.25, -0.2) is 0 Å². The highest BCUT2D eigenvalue weighted by Crippen LogP contribution is 2.32.